The average molecular weight is 507 g/mol. The number of anilines is 1. The zero-order valence-corrected chi connectivity index (χ0v) is 20.3. The number of benzene rings is 2. The second-order valence-corrected chi connectivity index (χ2v) is 8.99. The van der Waals surface area contributed by atoms with Crippen LogP contribution in [0.4, 0.5) is 17.1 Å². The van der Waals surface area contributed by atoms with Crippen molar-refractivity contribution in [1.29, 1.82) is 0 Å². The fourth-order valence-corrected chi connectivity index (χ4v) is 4.68. The molecule has 12 heteroatoms. The van der Waals surface area contributed by atoms with E-state index < -0.39 is 16.1 Å². The molecule has 1 N–H and O–H groups in total. The molecule has 2 aromatic rings. The number of rotatable bonds is 9. The first-order valence-corrected chi connectivity index (χ1v) is 11.4. The third kappa shape index (κ3) is 6.04. The van der Waals surface area contributed by atoms with Gasteiger partial charge in [0.2, 0.25) is 11.8 Å². The first-order valence-electron chi connectivity index (χ1n) is 10.2. The smallest absolute Gasteiger partial charge is 0.296 e. The highest BCUT2D eigenvalue weighted by Gasteiger charge is 2.41. The van der Waals surface area contributed by atoms with Crippen LogP contribution in [-0.4, -0.2) is 58.9 Å². The van der Waals surface area contributed by atoms with Crippen molar-refractivity contribution in [2.75, 3.05) is 26.1 Å². The molecule has 1 fully saturated rings. The Bertz CT molecular complexity index is 1110. The Kier molecular flexibility index (Phi) is 8.48. The number of thioether (sulfide) groups is 1. The van der Waals surface area contributed by atoms with Gasteiger partial charge in [-0.1, -0.05) is 23.4 Å². The summed E-state index contributed by atoms with van der Waals surface area (Å²) in [6, 6.07) is 10.6. The molecule has 1 heterocycles. The summed E-state index contributed by atoms with van der Waals surface area (Å²) in [5.41, 5.74) is 0.317. The van der Waals surface area contributed by atoms with E-state index >= 15 is 0 Å². The largest absolute Gasteiger partial charge is 0.496 e. The van der Waals surface area contributed by atoms with Crippen LogP contribution in [0.1, 0.15) is 13.3 Å². The van der Waals surface area contributed by atoms with Gasteiger partial charge in [0.25, 0.3) is 5.69 Å². The molecule has 1 aliphatic rings. The van der Waals surface area contributed by atoms with Crippen LogP contribution in [0, 0.1) is 10.1 Å². The number of nitro benzene ring substituents is 1. The van der Waals surface area contributed by atoms with Crippen LogP contribution in [0.2, 0.25) is 5.02 Å². The highest BCUT2D eigenvalue weighted by Crippen LogP contribution is 2.34. The molecule has 3 rings (SSSR count). The normalized spacial score (nSPS) is 17.6. The van der Waals surface area contributed by atoms with Crippen LogP contribution >= 0.6 is 23.4 Å². The van der Waals surface area contributed by atoms with Crippen LogP contribution in [0.15, 0.2) is 47.5 Å². The predicted molar refractivity (Wildman–Crippen MR) is 131 cm³/mol. The summed E-state index contributed by atoms with van der Waals surface area (Å²) in [6.45, 7) is 2.10. The van der Waals surface area contributed by atoms with Gasteiger partial charge in [0, 0.05) is 18.6 Å². The lowest BCUT2D eigenvalue weighted by molar-refractivity contribution is -0.384. The van der Waals surface area contributed by atoms with Gasteiger partial charge in [-0.25, -0.2) is 4.99 Å². The number of amides is 2. The van der Waals surface area contributed by atoms with Gasteiger partial charge in [0.15, 0.2) is 5.17 Å². The van der Waals surface area contributed by atoms with E-state index in [4.69, 9.17) is 21.1 Å². The number of halogens is 1. The fourth-order valence-electron chi connectivity index (χ4n) is 3.31. The second-order valence-electron chi connectivity index (χ2n) is 7.38. The van der Waals surface area contributed by atoms with Crippen LogP contribution in [0.5, 0.6) is 5.75 Å². The Morgan fingerprint density at radius 2 is 2.00 bits per heavy atom. The molecule has 1 saturated heterocycles. The van der Waals surface area contributed by atoms with Crippen LogP contribution in [0.3, 0.4) is 0 Å². The zero-order valence-electron chi connectivity index (χ0n) is 18.7. The van der Waals surface area contributed by atoms with Gasteiger partial charge in [-0.05, 0) is 43.3 Å². The molecule has 0 saturated carbocycles. The van der Waals surface area contributed by atoms with Crippen molar-refractivity contribution in [2.24, 2.45) is 4.99 Å². The van der Waals surface area contributed by atoms with Gasteiger partial charge in [0.1, 0.15) is 16.7 Å². The zero-order chi connectivity index (χ0) is 24.8. The minimum atomic E-state index is -0.748. The summed E-state index contributed by atoms with van der Waals surface area (Å²) >= 11 is 7.10. The lowest BCUT2D eigenvalue weighted by Crippen LogP contribution is -2.42. The van der Waals surface area contributed by atoms with E-state index in [-0.39, 0.29) is 42.1 Å². The molecule has 0 aliphatic carbocycles. The third-order valence-corrected chi connectivity index (χ3v) is 6.32. The number of carbonyl (C=O) groups is 2. The van der Waals surface area contributed by atoms with Gasteiger partial charge in [-0.15, -0.1) is 0 Å². The van der Waals surface area contributed by atoms with E-state index in [1.54, 1.807) is 24.3 Å². The predicted octanol–water partition coefficient (Wildman–Crippen LogP) is 4.25. The van der Waals surface area contributed by atoms with E-state index in [1.165, 1.54) is 37.3 Å². The average Bonchev–Trinajstić information content (AvgIpc) is 3.09. The van der Waals surface area contributed by atoms with Gasteiger partial charge in [-0.3, -0.25) is 24.6 Å². The number of hydrogen-bond acceptors (Lipinski definition) is 8. The molecule has 2 amide bonds. The molecule has 0 spiro atoms. The lowest BCUT2D eigenvalue weighted by Gasteiger charge is -2.23. The Balaban J connectivity index is 1.80. The van der Waals surface area contributed by atoms with Gasteiger partial charge < -0.3 is 14.8 Å². The van der Waals surface area contributed by atoms with Crippen molar-refractivity contribution >= 4 is 57.4 Å². The van der Waals surface area contributed by atoms with Crippen molar-refractivity contribution in [3.63, 3.8) is 0 Å². The minimum absolute atomic E-state index is 0.0194. The topological polar surface area (TPSA) is 123 Å². The van der Waals surface area contributed by atoms with Gasteiger partial charge >= 0.3 is 0 Å². The molecule has 0 unspecified atom stereocenters. The highest BCUT2D eigenvalue weighted by atomic mass is 35.5. The van der Waals surface area contributed by atoms with Crippen molar-refractivity contribution in [2.45, 2.75) is 24.6 Å². The van der Waals surface area contributed by atoms with Gasteiger partial charge in [-0.2, -0.15) is 0 Å². The molecule has 2 aromatic carbocycles. The number of carbonyl (C=O) groups excluding carboxylic acids is 2. The van der Waals surface area contributed by atoms with Crippen molar-refractivity contribution in [3.8, 4) is 5.75 Å². The standard InChI is InChI=1S/C22H23ClN4O6S/c1-13(12-32-2)26-21(29)19(34-22(26)24-15-6-4-14(23)5-7-15)11-20(28)25-17-9-8-16(33-3)10-18(17)27(30)31/h4-10,13,19H,11-12H2,1-3H3,(H,25,28)/t13-,19-/m0/s1. The molecule has 0 bridgehead atoms. The number of methoxy groups -OCH3 is 2. The fraction of sp³-hybridized carbons (Fsp3) is 0.318. The molecular formula is C22H23ClN4O6S. The number of amidine groups is 1. The summed E-state index contributed by atoms with van der Waals surface area (Å²) in [7, 11) is 2.92. The highest BCUT2D eigenvalue weighted by molar-refractivity contribution is 8.15. The Labute approximate surface area is 205 Å². The molecule has 2 atom stereocenters. The van der Waals surface area contributed by atoms with Crippen LogP contribution in [-0.2, 0) is 14.3 Å². The molecule has 1 aliphatic heterocycles. The Morgan fingerprint density at radius 1 is 1.29 bits per heavy atom. The first-order chi connectivity index (χ1) is 16.2. The molecule has 0 radical (unpaired) electrons. The number of ether oxygens (including phenoxy) is 2. The van der Waals surface area contributed by atoms with E-state index in [0.29, 0.717) is 15.9 Å². The van der Waals surface area contributed by atoms with E-state index in [1.807, 2.05) is 6.92 Å². The Morgan fingerprint density at radius 3 is 2.62 bits per heavy atom. The summed E-state index contributed by atoms with van der Waals surface area (Å²) < 4.78 is 10.2. The molecule has 180 valence electrons. The monoisotopic (exact) mass is 506 g/mol. The number of hydrogen-bond donors (Lipinski definition) is 1. The number of nitrogens with one attached hydrogen (secondary N) is 1. The number of nitrogens with zero attached hydrogens (tertiary/aromatic N) is 3. The number of nitro groups is 1. The second kappa shape index (κ2) is 11.3. The van der Waals surface area contributed by atoms with E-state index in [9.17, 15) is 19.7 Å². The number of aliphatic imine (C=N–C) groups is 1. The third-order valence-electron chi connectivity index (χ3n) is 4.91. The maximum atomic E-state index is 13.2. The molecule has 34 heavy (non-hydrogen) atoms. The maximum Gasteiger partial charge on any atom is 0.296 e. The van der Waals surface area contributed by atoms with Crippen LogP contribution < -0.4 is 10.1 Å². The van der Waals surface area contributed by atoms with Crippen LogP contribution in [0.25, 0.3) is 0 Å². The van der Waals surface area contributed by atoms with E-state index in [0.717, 1.165) is 11.8 Å². The van der Waals surface area contributed by atoms with Crippen molar-refractivity contribution in [1.82, 2.24) is 4.90 Å². The molecule has 0 aromatic heterocycles. The van der Waals surface area contributed by atoms with Gasteiger partial charge in [0.05, 0.1) is 36.4 Å². The molecular weight excluding hydrogens is 484 g/mol. The molecule has 10 nitrogen and oxygen atoms in total. The first kappa shape index (κ1) is 25.5. The summed E-state index contributed by atoms with van der Waals surface area (Å²) in [4.78, 5) is 42.7. The van der Waals surface area contributed by atoms with Crippen molar-refractivity contribution < 1.29 is 24.0 Å². The maximum absolute atomic E-state index is 13.2. The quantitative estimate of drug-likeness (QED) is 0.398. The SMILES string of the molecule is COC[C@H](C)N1C(=O)[C@H](CC(=O)Nc2ccc(OC)cc2[N+](=O)[O-])SC1=Nc1ccc(Cl)cc1. The van der Waals surface area contributed by atoms with E-state index in [2.05, 4.69) is 10.3 Å². The summed E-state index contributed by atoms with van der Waals surface area (Å²) in [5.74, 6) is -0.537. The summed E-state index contributed by atoms with van der Waals surface area (Å²) in [5, 5.41) is 14.2. The Hall–Kier alpha value is -3.15. The summed E-state index contributed by atoms with van der Waals surface area (Å²) in [6.07, 6.45) is -0.192. The minimum Gasteiger partial charge on any atom is -0.496 e. The van der Waals surface area contributed by atoms with Crippen molar-refractivity contribution in [3.05, 3.63) is 57.6 Å². The lowest BCUT2D eigenvalue weighted by atomic mass is 10.2.